The molecule has 23 heavy (non-hydrogen) atoms. The minimum atomic E-state index is -0.806. The molecule has 2 fully saturated rings. The third-order valence-electron chi connectivity index (χ3n) is 5.75. The van der Waals surface area contributed by atoms with E-state index in [1.165, 1.54) is 12.1 Å². The van der Waals surface area contributed by atoms with E-state index in [2.05, 4.69) is 11.4 Å². The van der Waals surface area contributed by atoms with Crippen LogP contribution in [0, 0.1) is 28.0 Å². The molecule has 2 aliphatic carbocycles. The fourth-order valence-electron chi connectivity index (χ4n) is 4.16. The number of rotatable bonds is 5. The maximum atomic E-state index is 13.0. The molecule has 2 aliphatic rings. The van der Waals surface area contributed by atoms with Crippen LogP contribution >= 0.6 is 0 Å². The number of carbonyl (C=O) groups excluding carboxylic acids is 1. The average molecular weight is 314 g/mol. The number of hydrogen-bond acceptors (Lipinski definition) is 2. The largest absolute Gasteiger partial charge is 0.352 e. The number of benzene rings is 1. The Hall–Kier alpha value is -1.89. The molecule has 0 aliphatic heterocycles. The number of carbonyl (C=O) groups is 1. The molecule has 0 heterocycles. The fraction of sp³-hybridized carbons (Fsp3) is 0.579. The van der Waals surface area contributed by atoms with E-state index in [1.54, 1.807) is 12.1 Å². The first-order valence-electron chi connectivity index (χ1n) is 8.52. The first-order valence-corrected chi connectivity index (χ1v) is 8.52. The van der Waals surface area contributed by atoms with Gasteiger partial charge < -0.3 is 5.32 Å². The van der Waals surface area contributed by atoms with Crippen LogP contribution in [0.25, 0.3) is 0 Å². The van der Waals surface area contributed by atoms with Gasteiger partial charge in [-0.2, -0.15) is 5.26 Å². The lowest BCUT2D eigenvalue weighted by Gasteiger charge is -2.21. The van der Waals surface area contributed by atoms with Crippen molar-refractivity contribution in [2.45, 2.75) is 57.9 Å². The van der Waals surface area contributed by atoms with E-state index >= 15 is 0 Å². The molecule has 1 aromatic carbocycles. The lowest BCUT2D eigenvalue weighted by molar-refractivity contribution is -0.126. The zero-order chi connectivity index (χ0) is 16.5. The molecule has 1 amide bonds. The highest BCUT2D eigenvalue weighted by Gasteiger charge is 2.72. The predicted octanol–water partition coefficient (Wildman–Crippen LogP) is 3.74. The highest BCUT2D eigenvalue weighted by atomic mass is 19.1. The molecule has 4 heteroatoms. The summed E-state index contributed by atoms with van der Waals surface area (Å²) >= 11 is 0. The Kier molecular flexibility index (Phi) is 4.14. The van der Waals surface area contributed by atoms with Gasteiger partial charge in [0.1, 0.15) is 11.2 Å². The molecule has 1 aromatic rings. The number of hydrogen-bond donors (Lipinski definition) is 1. The molecule has 2 unspecified atom stereocenters. The summed E-state index contributed by atoms with van der Waals surface area (Å²) in [5.74, 6) is -0.355. The third kappa shape index (κ3) is 2.73. The highest BCUT2D eigenvalue weighted by molar-refractivity contribution is 5.90. The van der Waals surface area contributed by atoms with Crippen LogP contribution in [0.2, 0.25) is 0 Å². The fourth-order valence-corrected chi connectivity index (χ4v) is 4.16. The standard InChI is InChI=1S/C19H23FN2O/c1-2-16(11-14-5-7-15(20)8-6-14)22-17(23)19(13-21)12-18(19)9-3-4-10-18/h5-8,16H,2-4,9-12H2,1H3,(H,22,23). The van der Waals surface area contributed by atoms with Crippen molar-refractivity contribution < 1.29 is 9.18 Å². The Balaban J connectivity index is 1.66. The zero-order valence-corrected chi connectivity index (χ0v) is 13.6. The van der Waals surface area contributed by atoms with E-state index in [0.29, 0.717) is 6.42 Å². The first kappa shape index (κ1) is 16.0. The summed E-state index contributed by atoms with van der Waals surface area (Å²) in [5, 5.41) is 12.7. The van der Waals surface area contributed by atoms with E-state index in [-0.39, 0.29) is 23.2 Å². The number of nitrogens with zero attached hydrogens (tertiary/aromatic N) is 1. The van der Waals surface area contributed by atoms with Crippen LogP contribution in [0.1, 0.15) is 51.0 Å². The summed E-state index contributed by atoms with van der Waals surface area (Å²) in [7, 11) is 0. The number of nitriles is 1. The maximum Gasteiger partial charge on any atom is 0.241 e. The Morgan fingerprint density at radius 1 is 1.35 bits per heavy atom. The molecule has 0 aromatic heterocycles. The van der Waals surface area contributed by atoms with Crippen molar-refractivity contribution in [2.24, 2.45) is 10.8 Å². The van der Waals surface area contributed by atoms with Crippen molar-refractivity contribution in [2.75, 3.05) is 0 Å². The molecule has 0 saturated heterocycles. The Morgan fingerprint density at radius 2 is 2.00 bits per heavy atom. The summed E-state index contributed by atoms with van der Waals surface area (Å²) in [6.45, 7) is 2.02. The maximum absolute atomic E-state index is 13.0. The minimum Gasteiger partial charge on any atom is -0.352 e. The summed E-state index contributed by atoms with van der Waals surface area (Å²) in [6, 6.07) is 8.69. The minimum absolute atomic E-state index is 0.0164. The second kappa shape index (κ2) is 5.96. The third-order valence-corrected chi connectivity index (χ3v) is 5.75. The van der Waals surface area contributed by atoms with Crippen molar-refractivity contribution in [3.63, 3.8) is 0 Å². The van der Waals surface area contributed by atoms with Gasteiger partial charge in [0.05, 0.1) is 6.07 Å². The normalized spacial score (nSPS) is 25.8. The van der Waals surface area contributed by atoms with Gasteiger partial charge >= 0.3 is 0 Å². The van der Waals surface area contributed by atoms with Gasteiger partial charge in [-0.3, -0.25) is 4.79 Å². The van der Waals surface area contributed by atoms with Crippen molar-refractivity contribution >= 4 is 5.91 Å². The van der Waals surface area contributed by atoms with Crippen molar-refractivity contribution in [3.05, 3.63) is 35.6 Å². The van der Waals surface area contributed by atoms with Gasteiger partial charge in [0.2, 0.25) is 5.91 Å². The number of halogens is 1. The van der Waals surface area contributed by atoms with Gasteiger partial charge in [-0.15, -0.1) is 0 Å². The quantitative estimate of drug-likeness (QED) is 0.900. The average Bonchev–Trinajstić information content (AvgIpc) is 2.95. The van der Waals surface area contributed by atoms with E-state index in [0.717, 1.165) is 44.1 Å². The second-order valence-electron chi connectivity index (χ2n) is 7.09. The van der Waals surface area contributed by atoms with Crippen LogP contribution in [0.4, 0.5) is 4.39 Å². The number of nitrogens with one attached hydrogen (secondary N) is 1. The predicted molar refractivity (Wildman–Crippen MR) is 85.9 cm³/mol. The van der Waals surface area contributed by atoms with Gasteiger partial charge in [0.15, 0.2) is 0 Å². The van der Waals surface area contributed by atoms with Crippen LogP contribution in [0.5, 0.6) is 0 Å². The lowest BCUT2D eigenvalue weighted by atomic mass is 9.90. The van der Waals surface area contributed by atoms with Crippen molar-refractivity contribution in [3.8, 4) is 6.07 Å². The summed E-state index contributed by atoms with van der Waals surface area (Å²) in [4.78, 5) is 12.7. The van der Waals surface area contributed by atoms with Gasteiger partial charge in [-0.1, -0.05) is 31.9 Å². The molecule has 2 saturated carbocycles. The SMILES string of the molecule is CCC(Cc1ccc(F)cc1)NC(=O)C1(C#N)CC12CCCC2. The molecule has 0 radical (unpaired) electrons. The molecule has 3 rings (SSSR count). The summed E-state index contributed by atoms with van der Waals surface area (Å²) < 4.78 is 13.0. The second-order valence-corrected chi connectivity index (χ2v) is 7.09. The van der Waals surface area contributed by atoms with Crippen molar-refractivity contribution in [1.29, 1.82) is 5.26 Å². The monoisotopic (exact) mass is 314 g/mol. The van der Waals surface area contributed by atoms with E-state index in [1.807, 2.05) is 6.92 Å². The van der Waals surface area contributed by atoms with Crippen LogP contribution in [-0.2, 0) is 11.2 Å². The molecule has 0 bridgehead atoms. The summed E-state index contributed by atoms with van der Waals surface area (Å²) in [6.07, 6.45) is 6.43. The van der Waals surface area contributed by atoms with E-state index in [9.17, 15) is 14.4 Å². The molecule has 1 spiro atoms. The van der Waals surface area contributed by atoms with Crippen LogP contribution in [0.15, 0.2) is 24.3 Å². The zero-order valence-electron chi connectivity index (χ0n) is 13.6. The van der Waals surface area contributed by atoms with E-state index < -0.39 is 5.41 Å². The highest BCUT2D eigenvalue weighted by Crippen LogP contribution is 2.71. The Bertz CT molecular complexity index is 628. The Labute approximate surface area is 136 Å². The topological polar surface area (TPSA) is 52.9 Å². The molecular formula is C19H23FN2O. The molecule has 1 N–H and O–H groups in total. The van der Waals surface area contributed by atoms with Gasteiger partial charge in [-0.25, -0.2) is 4.39 Å². The molecule has 122 valence electrons. The molecule has 2 atom stereocenters. The first-order chi connectivity index (χ1) is 11.0. The number of amides is 1. The summed E-state index contributed by atoms with van der Waals surface area (Å²) in [5.41, 5.74) is 0.135. The van der Waals surface area contributed by atoms with Crippen LogP contribution in [-0.4, -0.2) is 11.9 Å². The van der Waals surface area contributed by atoms with Crippen molar-refractivity contribution in [1.82, 2.24) is 5.32 Å². The van der Waals surface area contributed by atoms with Gasteiger partial charge in [-0.05, 0) is 49.8 Å². The van der Waals surface area contributed by atoms with E-state index in [4.69, 9.17) is 0 Å². The van der Waals surface area contributed by atoms with Crippen LogP contribution < -0.4 is 5.32 Å². The smallest absolute Gasteiger partial charge is 0.241 e. The van der Waals surface area contributed by atoms with Gasteiger partial charge in [0, 0.05) is 11.5 Å². The lowest BCUT2D eigenvalue weighted by Crippen LogP contribution is -2.42. The van der Waals surface area contributed by atoms with Gasteiger partial charge in [0.25, 0.3) is 0 Å². The Morgan fingerprint density at radius 3 is 2.57 bits per heavy atom. The molecule has 3 nitrogen and oxygen atoms in total. The van der Waals surface area contributed by atoms with Crippen LogP contribution in [0.3, 0.4) is 0 Å². The molecular weight excluding hydrogens is 291 g/mol.